The van der Waals surface area contributed by atoms with Crippen molar-refractivity contribution in [3.8, 4) is 11.3 Å². The van der Waals surface area contributed by atoms with Gasteiger partial charge in [-0.3, -0.25) is 14.8 Å². The van der Waals surface area contributed by atoms with Gasteiger partial charge in [0.15, 0.2) is 0 Å². The van der Waals surface area contributed by atoms with Gasteiger partial charge in [-0.15, -0.1) is 0 Å². The molecule has 180 valence electrons. The fraction of sp³-hybridized carbons (Fsp3) is 0.136. The maximum Gasteiger partial charge on any atom is 0.419 e. The highest BCUT2D eigenvalue weighted by atomic mass is 19.4. The number of hydrogen-bond acceptors (Lipinski definition) is 6. The zero-order valence-corrected chi connectivity index (χ0v) is 17.7. The smallest absolute Gasteiger partial charge is 0.355 e. The average Bonchev–Trinajstić information content (AvgIpc) is 2.82. The molecule has 7 nitrogen and oxygen atoms in total. The summed E-state index contributed by atoms with van der Waals surface area (Å²) in [6.45, 7) is 0. The van der Waals surface area contributed by atoms with Crippen LogP contribution >= 0.6 is 0 Å². The number of rotatable bonds is 4. The number of alkyl halides is 6. The van der Waals surface area contributed by atoms with Gasteiger partial charge in [0.1, 0.15) is 0 Å². The molecule has 13 heteroatoms. The summed E-state index contributed by atoms with van der Waals surface area (Å²) in [5, 5.41) is 5.48. The Labute approximate surface area is 193 Å². The number of anilines is 2. The SMILES string of the molecule is CNC(=O)c1cnc(-c2ccc3c(Nc4ncc(C(F)(F)F)cn4)ccnc3c2)c(C(F)(F)F)c1. The van der Waals surface area contributed by atoms with E-state index < -0.39 is 35.1 Å². The van der Waals surface area contributed by atoms with E-state index in [9.17, 15) is 31.1 Å². The number of benzene rings is 1. The molecule has 3 heterocycles. The highest BCUT2D eigenvalue weighted by Gasteiger charge is 2.35. The van der Waals surface area contributed by atoms with Gasteiger partial charge >= 0.3 is 12.4 Å². The monoisotopic (exact) mass is 492 g/mol. The summed E-state index contributed by atoms with van der Waals surface area (Å²) in [6.07, 6.45) is -5.70. The minimum Gasteiger partial charge on any atom is -0.355 e. The molecule has 35 heavy (non-hydrogen) atoms. The lowest BCUT2D eigenvalue weighted by molar-refractivity contribution is -0.138. The van der Waals surface area contributed by atoms with Crippen LogP contribution in [0.4, 0.5) is 38.0 Å². The zero-order valence-electron chi connectivity index (χ0n) is 17.7. The van der Waals surface area contributed by atoms with E-state index in [4.69, 9.17) is 0 Å². The van der Waals surface area contributed by atoms with Gasteiger partial charge in [0.25, 0.3) is 5.91 Å². The molecule has 0 radical (unpaired) electrons. The Hall–Kier alpha value is -4.29. The predicted molar refractivity (Wildman–Crippen MR) is 114 cm³/mol. The molecule has 0 aliphatic heterocycles. The Bertz CT molecular complexity index is 1400. The molecule has 1 amide bonds. The molecule has 0 saturated carbocycles. The Balaban J connectivity index is 1.72. The first-order chi connectivity index (χ1) is 16.5. The molecule has 0 aliphatic carbocycles. The van der Waals surface area contributed by atoms with Gasteiger partial charge in [-0.05, 0) is 18.2 Å². The fourth-order valence-electron chi connectivity index (χ4n) is 3.24. The molecule has 0 fully saturated rings. The normalized spacial score (nSPS) is 12.0. The second-order valence-electron chi connectivity index (χ2n) is 7.21. The zero-order chi connectivity index (χ0) is 25.4. The van der Waals surface area contributed by atoms with Crippen molar-refractivity contribution < 1.29 is 31.1 Å². The van der Waals surface area contributed by atoms with E-state index in [1.165, 1.54) is 37.5 Å². The first-order valence-electron chi connectivity index (χ1n) is 9.82. The third-order valence-electron chi connectivity index (χ3n) is 4.92. The van der Waals surface area contributed by atoms with Crippen LogP contribution in [0.1, 0.15) is 21.5 Å². The molecular weight excluding hydrogens is 478 g/mol. The molecule has 0 saturated heterocycles. The van der Waals surface area contributed by atoms with E-state index in [1.54, 1.807) is 0 Å². The van der Waals surface area contributed by atoms with Crippen LogP contribution in [0.25, 0.3) is 22.2 Å². The van der Waals surface area contributed by atoms with E-state index in [0.717, 1.165) is 12.3 Å². The van der Waals surface area contributed by atoms with Crippen LogP contribution in [0.3, 0.4) is 0 Å². The molecule has 0 spiro atoms. The van der Waals surface area contributed by atoms with Crippen molar-refractivity contribution in [1.82, 2.24) is 25.3 Å². The molecule has 0 atom stereocenters. The predicted octanol–water partition coefficient (Wildman–Crippen LogP) is 5.23. The minimum absolute atomic E-state index is 0.101. The standard InChI is InChI=1S/C22H14F6N6O/c1-29-19(35)12-6-15(22(26,27)28)18(31-8-12)11-2-3-14-16(4-5-30-17(14)7-11)34-20-32-9-13(10-33-20)21(23,24)25/h2-10H,1H3,(H,29,35)(H,30,32,33,34). The number of nitrogens with zero attached hydrogens (tertiary/aromatic N) is 4. The van der Waals surface area contributed by atoms with Gasteiger partial charge in [0, 0.05) is 42.8 Å². The summed E-state index contributed by atoms with van der Waals surface area (Å²) in [6, 6.07) is 6.49. The lowest BCUT2D eigenvalue weighted by Gasteiger charge is -2.14. The van der Waals surface area contributed by atoms with Crippen LogP contribution in [0.2, 0.25) is 0 Å². The molecule has 1 aromatic carbocycles. The summed E-state index contributed by atoms with van der Waals surface area (Å²) in [4.78, 5) is 27.1. The maximum atomic E-state index is 13.7. The lowest BCUT2D eigenvalue weighted by Crippen LogP contribution is -2.19. The largest absolute Gasteiger partial charge is 0.419 e. The van der Waals surface area contributed by atoms with Gasteiger partial charge in [0.2, 0.25) is 5.95 Å². The van der Waals surface area contributed by atoms with Crippen molar-refractivity contribution in [2.75, 3.05) is 12.4 Å². The van der Waals surface area contributed by atoms with Gasteiger partial charge in [-0.2, -0.15) is 26.3 Å². The van der Waals surface area contributed by atoms with Crippen molar-refractivity contribution in [3.05, 3.63) is 71.8 Å². The molecule has 4 rings (SSSR count). The number of fused-ring (bicyclic) bond motifs is 1. The summed E-state index contributed by atoms with van der Waals surface area (Å²) in [5.41, 5.74) is -1.98. The Morgan fingerprint density at radius 1 is 0.857 bits per heavy atom. The van der Waals surface area contributed by atoms with Crippen molar-refractivity contribution in [3.63, 3.8) is 0 Å². The average molecular weight is 492 g/mol. The Morgan fingerprint density at radius 2 is 1.57 bits per heavy atom. The first kappa shape index (κ1) is 23.9. The van der Waals surface area contributed by atoms with Crippen LogP contribution in [0.15, 0.2) is 55.1 Å². The van der Waals surface area contributed by atoms with Crippen LogP contribution in [0.5, 0.6) is 0 Å². The van der Waals surface area contributed by atoms with E-state index in [-0.39, 0.29) is 22.6 Å². The number of nitrogens with one attached hydrogen (secondary N) is 2. The van der Waals surface area contributed by atoms with Crippen LogP contribution in [0, 0.1) is 0 Å². The van der Waals surface area contributed by atoms with E-state index in [2.05, 4.69) is 30.6 Å². The number of carbonyl (C=O) groups excluding carboxylic acids is 1. The van der Waals surface area contributed by atoms with E-state index in [1.807, 2.05) is 0 Å². The number of pyridine rings is 2. The van der Waals surface area contributed by atoms with Gasteiger partial charge in [0.05, 0.1) is 33.6 Å². The molecule has 0 aliphatic rings. The third-order valence-corrected chi connectivity index (χ3v) is 4.92. The number of carbonyl (C=O) groups is 1. The molecule has 2 N–H and O–H groups in total. The maximum absolute atomic E-state index is 13.7. The second-order valence-corrected chi connectivity index (χ2v) is 7.21. The Kier molecular flexibility index (Phi) is 6.01. The summed E-state index contributed by atoms with van der Waals surface area (Å²) >= 11 is 0. The minimum atomic E-state index is -4.78. The second kappa shape index (κ2) is 8.81. The summed E-state index contributed by atoms with van der Waals surface area (Å²) < 4.78 is 79.3. The third kappa shape index (κ3) is 4.98. The molecule has 0 bridgehead atoms. The van der Waals surface area contributed by atoms with Crippen LogP contribution < -0.4 is 10.6 Å². The Morgan fingerprint density at radius 3 is 2.20 bits per heavy atom. The van der Waals surface area contributed by atoms with Gasteiger partial charge < -0.3 is 10.6 Å². The molecular formula is C22H14F6N6O. The van der Waals surface area contributed by atoms with Gasteiger partial charge in [-0.25, -0.2) is 9.97 Å². The number of hydrogen-bond donors (Lipinski definition) is 2. The number of aromatic nitrogens is 4. The van der Waals surface area contributed by atoms with Crippen LogP contribution in [-0.4, -0.2) is 32.9 Å². The number of halogens is 6. The lowest BCUT2D eigenvalue weighted by atomic mass is 10.0. The van der Waals surface area contributed by atoms with Gasteiger partial charge in [-0.1, -0.05) is 12.1 Å². The van der Waals surface area contributed by atoms with Crippen molar-refractivity contribution in [2.24, 2.45) is 0 Å². The first-order valence-corrected chi connectivity index (χ1v) is 9.82. The van der Waals surface area contributed by atoms with Crippen molar-refractivity contribution in [1.29, 1.82) is 0 Å². The molecule has 3 aromatic heterocycles. The number of amides is 1. The quantitative estimate of drug-likeness (QED) is 0.379. The van der Waals surface area contributed by atoms with Crippen LogP contribution in [-0.2, 0) is 12.4 Å². The van der Waals surface area contributed by atoms with Crippen molar-refractivity contribution in [2.45, 2.75) is 12.4 Å². The van der Waals surface area contributed by atoms with Crippen molar-refractivity contribution >= 4 is 28.4 Å². The van der Waals surface area contributed by atoms with E-state index in [0.29, 0.717) is 23.5 Å². The highest BCUT2D eigenvalue weighted by Crippen LogP contribution is 2.38. The molecule has 0 unspecified atom stereocenters. The highest BCUT2D eigenvalue weighted by molar-refractivity contribution is 5.96. The summed E-state index contributed by atoms with van der Waals surface area (Å²) in [7, 11) is 1.29. The summed E-state index contributed by atoms with van der Waals surface area (Å²) in [5.74, 6) is -0.823. The molecule has 4 aromatic rings. The van der Waals surface area contributed by atoms with E-state index >= 15 is 0 Å². The fourth-order valence-corrected chi connectivity index (χ4v) is 3.24. The topological polar surface area (TPSA) is 92.7 Å².